The van der Waals surface area contributed by atoms with E-state index in [4.69, 9.17) is 11.5 Å². The standard InChI is InChI=1S/C12H22N4O3S.ClH/c1-8(2)4-9(6-13)15-20(18,19)10-5-11(12(14)17)16(3)7-10;/h5,7-9,15H,4,6,13H2,1-3H3,(H2,14,17);1H. The number of nitrogens with one attached hydrogen (secondary N) is 1. The van der Waals surface area contributed by atoms with Gasteiger partial charge >= 0.3 is 0 Å². The van der Waals surface area contributed by atoms with E-state index < -0.39 is 15.9 Å². The third kappa shape index (κ3) is 5.31. The van der Waals surface area contributed by atoms with Crippen LogP contribution in [0.5, 0.6) is 0 Å². The number of carbonyl (C=O) groups excluding carboxylic acids is 1. The quantitative estimate of drug-likeness (QED) is 0.657. The Morgan fingerprint density at radius 1 is 1.43 bits per heavy atom. The fraction of sp³-hybridized carbons (Fsp3) is 0.583. The van der Waals surface area contributed by atoms with Crippen LogP contribution in [0.1, 0.15) is 30.8 Å². The second-order valence-corrected chi connectivity index (χ2v) is 6.93. The molecule has 0 spiro atoms. The van der Waals surface area contributed by atoms with E-state index in [2.05, 4.69) is 4.72 Å². The zero-order chi connectivity index (χ0) is 15.5. The Morgan fingerprint density at radius 3 is 2.38 bits per heavy atom. The van der Waals surface area contributed by atoms with Gasteiger partial charge in [-0.15, -0.1) is 12.4 Å². The van der Waals surface area contributed by atoms with E-state index in [9.17, 15) is 13.2 Å². The predicted octanol–water partition coefficient (Wildman–Crippen LogP) is 0.198. The average Bonchev–Trinajstić information content (AvgIpc) is 2.70. The number of primary amides is 1. The lowest BCUT2D eigenvalue weighted by Gasteiger charge is -2.18. The molecule has 0 fully saturated rings. The van der Waals surface area contributed by atoms with E-state index in [1.54, 1.807) is 7.05 Å². The second kappa shape index (κ2) is 7.79. The Kier molecular flexibility index (Phi) is 7.38. The van der Waals surface area contributed by atoms with Gasteiger partial charge in [-0.3, -0.25) is 4.79 Å². The van der Waals surface area contributed by atoms with Gasteiger partial charge in [0.1, 0.15) is 10.6 Å². The summed E-state index contributed by atoms with van der Waals surface area (Å²) in [6.45, 7) is 4.20. The van der Waals surface area contributed by atoms with Crippen LogP contribution in [-0.4, -0.2) is 31.5 Å². The van der Waals surface area contributed by atoms with Crippen molar-refractivity contribution >= 4 is 28.3 Å². The van der Waals surface area contributed by atoms with Crippen LogP contribution in [0, 0.1) is 5.92 Å². The molecule has 0 aliphatic rings. The maximum absolute atomic E-state index is 12.2. The first-order valence-corrected chi connectivity index (χ1v) is 7.84. The molecule has 1 rings (SSSR count). The maximum atomic E-state index is 12.2. The summed E-state index contributed by atoms with van der Waals surface area (Å²) in [4.78, 5) is 11.2. The van der Waals surface area contributed by atoms with Crippen molar-refractivity contribution in [1.82, 2.24) is 9.29 Å². The molecule has 1 amide bonds. The first kappa shape index (κ1) is 19.9. The summed E-state index contributed by atoms with van der Waals surface area (Å²) < 4.78 is 28.4. The van der Waals surface area contributed by atoms with Gasteiger partial charge in [0, 0.05) is 25.8 Å². The van der Waals surface area contributed by atoms with Crippen LogP contribution in [0.3, 0.4) is 0 Å². The second-order valence-electron chi connectivity index (χ2n) is 5.22. The summed E-state index contributed by atoms with van der Waals surface area (Å²) >= 11 is 0. The van der Waals surface area contributed by atoms with Gasteiger partial charge in [-0.1, -0.05) is 13.8 Å². The number of hydrogen-bond donors (Lipinski definition) is 3. The van der Waals surface area contributed by atoms with Crippen molar-refractivity contribution in [2.24, 2.45) is 24.4 Å². The van der Waals surface area contributed by atoms with Gasteiger partial charge in [-0.25, -0.2) is 13.1 Å². The number of hydrogen-bond acceptors (Lipinski definition) is 4. The van der Waals surface area contributed by atoms with E-state index in [1.807, 2.05) is 13.8 Å². The van der Waals surface area contributed by atoms with Gasteiger partial charge in [-0.05, 0) is 18.4 Å². The highest BCUT2D eigenvalue weighted by Crippen LogP contribution is 2.15. The van der Waals surface area contributed by atoms with Crippen LogP contribution in [0.25, 0.3) is 0 Å². The third-order valence-corrected chi connectivity index (χ3v) is 4.39. The lowest BCUT2D eigenvalue weighted by Crippen LogP contribution is -2.40. The summed E-state index contributed by atoms with van der Waals surface area (Å²) in [5.74, 6) is -0.352. The van der Waals surface area contributed by atoms with Gasteiger partial charge in [0.15, 0.2) is 0 Å². The molecule has 0 bridgehead atoms. The Bertz CT molecular complexity index is 583. The smallest absolute Gasteiger partial charge is 0.265 e. The molecule has 21 heavy (non-hydrogen) atoms. The van der Waals surface area contributed by atoms with Crippen molar-refractivity contribution < 1.29 is 13.2 Å². The Labute approximate surface area is 131 Å². The number of nitrogens with two attached hydrogens (primary N) is 2. The Balaban J connectivity index is 0.00000400. The number of carbonyl (C=O) groups is 1. The molecule has 1 heterocycles. The summed E-state index contributed by atoms with van der Waals surface area (Å²) in [5.41, 5.74) is 10.9. The molecule has 122 valence electrons. The number of nitrogens with zero attached hydrogens (tertiary/aromatic N) is 1. The topological polar surface area (TPSA) is 120 Å². The van der Waals surface area contributed by atoms with E-state index >= 15 is 0 Å². The minimum atomic E-state index is -3.71. The first-order valence-electron chi connectivity index (χ1n) is 6.36. The van der Waals surface area contributed by atoms with Crippen LogP contribution in [0.15, 0.2) is 17.2 Å². The van der Waals surface area contributed by atoms with Crippen LogP contribution in [0.2, 0.25) is 0 Å². The molecule has 0 saturated heterocycles. The summed E-state index contributed by atoms with van der Waals surface area (Å²) in [6, 6.07) is 0.922. The van der Waals surface area contributed by atoms with Crippen molar-refractivity contribution in [3.05, 3.63) is 18.0 Å². The minimum absolute atomic E-state index is 0. The van der Waals surface area contributed by atoms with E-state index in [-0.39, 0.29) is 35.6 Å². The number of sulfonamides is 1. The third-order valence-electron chi connectivity index (χ3n) is 2.90. The number of amides is 1. The van der Waals surface area contributed by atoms with Gasteiger partial charge in [0.05, 0.1) is 0 Å². The molecule has 0 saturated carbocycles. The first-order chi connectivity index (χ1) is 9.17. The van der Waals surface area contributed by atoms with E-state index in [0.717, 1.165) is 0 Å². The molecule has 1 unspecified atom stereocenters. The molecular weight excluding hydrogens is 316 g/mol. The average molecular weight is 339 g/mol. The molecule has 0 aliphatic carbocycles. The molecule has 0 aromatic carbocycles. The summed E-state index contributed by atoms with van der Waals surface area (Å²) in [7, 11) is -2.15. The minimum Gasteiger partial charge on any atom is -0.364 e. The van der Waals surface area contributed by atoms with Crippen molar-refractivity contribution in [2.45, 2.75) is 31.2 Å². The monoisotopic (exact) mass is 338 g/mol. The van der Waals surface area contributed by atoms with E-state index in [0.29, 0.717) is 12.3 Å². The number of rotatable bonds is 7. The Hall–Kier alpha value is -1.09. The van der Waals surface area contributed by atoms with Gasteiger partial charge in [0.25, 0.3) is 5.91 Å². The zero-order valence-corrected chi connectivity index (χ0v) is 14.0. The van der Waals surface area contributed by atoms with Crippen LogP contribution in [0.4, 0.5) is 0 Å². The fourth-order valence-corrected chi connectivity index (χ4v) is 3.31. The molecule has 1 atom stereocenters. The molecule has 5 N–H and O–H groups in total. The highest BCUT2D eigenvalue weighted by atomic mass is 35.5. The molecule has 9 heteroatoms. The van der Waals surface area contributed by atoms with Crippen LogP contribution < -0.4 is 16.2 Å². The number of aromatic nitrogens is 1. The Morgan fingerprint density at radius 2 is 2.00 bits per heavy atom. The highest BCUT2D eigenvalue weighted by Gasteiger charge is 2.23. The van der Waals surface area contributed by atoms with E-state index in [1.165, 1.54) is 16.8 Å². The number of halogens is 1. The predicted molar refractivity (Wildman–Crippen MR) is 83.8 cm³/mol. The van der Waals surface area contributed by atoms with Crippen LogP contribution >= 0.6 is 12.4 Å². The molecule has 7 nitrogen and oxygen atoms in total. The van der Waals surface area contributed by atoms with Crippen molar-refractivity contribution in [2.75, 3.05) is 6.54 Å². The normalized spacial score (nSPS) is 13.0. The zero-order valence-electron chi connectivity index (χ0n) is 12.4. The van der Waals surface area contributed by atoms with Crippen molar-refractivity contribution in [3.8, 4) is 0 Å². The summed E-state index contributed by atoms with van der Waals surface area (Å²) in [5, 5.41) is 0. The largest absolute Gasteiger partial charge is 0.364 e. The van der Waals surface area contributed by atoms with Crippen molar-refractivity contribution in [3.63, 3.8) is 0 Å². The number of aryl methyl sites for hydroxylation is 1. The SMILES string of the molecule is CC(C)CC(CN)NS(=O)(=O)c1cc(C(N)=O)n(C)c1.Cl. The maximum Gasteiger partial charge on any atom is 0.265 e. The molecule has 1 aromatic heterocycles. The molecule has 1 aromatic rings. The van der Waals surface area contributed by atoms with Gasteiger partial charge < -0.3 is 16.0 Å². The highest BCUT2D eigenvalue weighted by molar-refractivity contribution is 7.89. The molecule has 0 radical (unpaired) electrons. The molecule has 0 aliphatic heterocycles. The molecular formula is C12H23ClN4O3S. The van der Waals surface area contributed by atoms with Gasteiger partial charge in [-0.2, -0.15) is 0 Å². The summed E-state index contributed by atoms with van der Waals surface area (Å²) in [6.07, 6.45) is 2.00. The fourth-order valence-electron chi connectivity index (χ4n) is 1.98. The lowest BCUT2D eigenvalue weighted by atomic mass is 10.1. The van der Waals surface area contributed by atoms with Crippen molar-refractivity contribution in [1.29, 1.82) is 0 Å². The van der Waals surface area contributed by atoms with Crippen LogP contribution in [-0.2, 0) is 17.1 Å². The van der Waals surface area contributed by atoms with Gasteiger partial charge in [0.2, 0.25) is 10.0 Å². The lowest BCUT2D eigenvalue weighted by molar-refractivity contribution is 0.0992.